The van der Waals surface area contributed by atoms with Crippen LogP contribution in [0.1, 0.15) is 42.5 Å². The van der Waals surface area contributed by atoms with Gasteiger partial charge in [-0.1, -0.05) is 31.0 Å². The molecule has 1 N–H and O–H groups in total. The Labute approximate surface area is 177 Å². The molecule has 4 rings (SSSR count). The van der Waals surface area contributed by atoms with E-state index in [0.29, 0.717) is 35.1 Å². The minimum Gasteiger partial charge on any atom is -0.497 e. The number of carbonyl (C=O) groups is 2. The molecular weight excluding hydrogens is 380 g/mol. The van der Waals surface area contributed by atoms with Crippen molar-refractivity contribution in [2.45, 2.75) is 44.2 Å². The summed E-state index contributed by atoms with van der Waals surface area (Å²) in [5.41, 5.74) is 1.22. The molecule has 3 atom stereocenters. The van der Waals surface area contributed by atoms with Gasteiger partial charge in [0.25, 0.3) is 5.91 Å². The zero-order valence-electron chi connectivity index (χ0n) is 17.5. The minimum atomic E-state index is -0.483. The number of rotatable bonds is 5. The highest BCUT2D eigenvalue weighted by Gasteiger charge is 2.47. The van der Waals surface area contributed by atoms with Crippen LogP contribution in [-0.4, -0.2) is 43.0 Å². The lowest BCUT2D eigenvalue weighted by Crippen LogP contribution is -2.47. The lowest BCUT2D eigenvalue weighted by atomic mass is 9.84. The van der Waals surface area contributed by atoms with E-state index in [2.05, 4.69) is 5.32 Å². The number of carbonyl (C=O) groups excluding carboxylic acids is 2. The number of nitrogens with one attached hydrogen (secondary N) is 1. The average molecular weight is 408 g/mol. The van der Waals surface area contributed by atoms with Gasteiger partial charge < -0.3 is 19.7 Å². The van der Waals surface area contributed by atoms with Crippen molar-refractivity contribution < 1.29 is 19.1 Å². The topological polar surface area (TPSA) is 67.9 Å². The van der Waals surface area contributed by atoms with Crippen LogP contribution in [0.2, 0.25) is 0 Å². The molecule has 2 aliphatic rings. The number of methoxy groups -OCH3 is 2. The molecule has 2 aromatic carbocycles. The van der Waals surface area contributed by atoms with Gasteiger partial charge in [0.15, 0.2) is 0 Å². The maximum absolute atomic E-state index is 13.4. The van der Waals surface area contributed by atoms with Crippen molar-refractivity contribution in [1.82, 2.24) is 4.90 Å². The van der Waals surface area contributed by atoms with Gasteiger partial charge in [-0.3, -0.25) is 9.59 Å². The number of ether oxygens (including phenoxy) is 2. The number of anilines is 1. The summed E-state index contributed by atoms with van der Waals surface area (Å²) < 4.78 is 10.6. The number of benzene rings is 2. The third kappa shape index (κ3) is 3.99. The molecular formula is C24H28N2O4. The predicted molar refractivity (Wildman–Crippen MR) is 115 cm³/mol. The quantitative estimate of drug-likeness (QED) is 0.808. The van der Waals surface area contributed by atoms with Crippen LogP contribution in [0.15, 0.2) is 48.5 Å². The molecule has 2 fully saturated rings. The van der Waals surface area contributed by atoms with Crippen LogP contribution in [-0.2, 0) is 4.79 Å². The van der Waals surface area contributed by atoms with E-state index in [0.717, 1.165) is 25.7 Å². The van der Waals surface area contributed by atoms with Crippen molar-refractivity contribution in [2.24, 2.45) is 5.92 Å². The number of likely N-dealkylation sites (tertiary alicyclic amines) is 1. The first kappa shape index (κ1) is 20.3. The zero-order chi connectivity index (χ0) is 21.1. The van der Waals surface area contributed by atoms with Gasteiger partial charge in [0.2, 0.25) is 5.91 Å². The Morgan fingerprint density at radius 3 is 2.30 bits per heavy atom. The van der Waals surface area contributed by atoms with Gasteiger partial charge in [-0.05, 0) is 37.3 Å². The molecule has 0 bridgehead atoms. The molecule has 1 saturated carbocycles. The first-order valence-corrected chi connectivity index (χ1v) is 10.5. The summed E-state index contributed by atoms with van der Waals surface area (Å²) in [5.74, 6) is 1.35. The molecule has 158 valence electrons. The van der Waals surface area contributed by atoms with Crippen LogP contribution in [0.25, 0.3) is 0 Å². The Kier molecular flexibility index (Phi) is 5.93. The van der Waals surface area contributed by atoms with Crippen LogP contribution in [0.5, 0.6) is 11.5 Å². The minimum absolute atomic E-state index is 0.0617. The molecule has 6 nitrogen and oxygen atoms in total. The lowest BCUT2D eigenvalue weighted by Gasteiger charge is -2.33. The predicted octanol–water partition coefficient (Wildman–Crippen LogP) is 4.12. The Hall–Kier alpha value is -3.02. The molecule has 2 amide bonds. The Bertz CT molecular complexity index is 892. The second-order valence-electron chi connectivity index (χ2n) is 8.03. The number of fused-ring (bicyclic) bond motifs is 1. The van der Waals surface area contributed by atoms with Gasteiger partial charge in [-0.15, -0.1) is 0 Å². The van der Waals surface area contributed by atoms with E-state index in [-0.39, 0.29) is 17.9 Å². The Morgan fingerprint density at radius 1 is 0.967 bits per heavy atom. The second kappa shape index (κ2) is 8.78. The largest absolute Gasteiger partial charge is 0.497 e. The van der Waals surface area contributed by atoms with Gasteiger partial charge >= 0.3 is 0 Å². The molecule has 1 heterocycles. The summed E-state index contributed by atoms with van der Waals surface area (Å²) in [6.45, 7) is 0. The molecule has 0 radical (unpaired) electrons. The SMILES string of the molecule is COc1cc(NC(=O)C2CC3CCCCC3N2C(=O)c2ccccc2)cc(OC)c1. The average Bonchev–Trinajstić information content (AvgIpc) is 3.18. The Morgan fingerprint density at radius 2 is 1.63 bits per heavy atom. The van der Waals surface area contributed by atoms with E-state index in [1.807, 2.05) is 35.2 Å². The second-order valence-corrected chi connectivity index (χ2v) is 8.03. The fourth-order valence-corrected chi connectivity index (χ4v) is 4.82. The number of hydrogen-bond donors (Lipinski definition) is 1. The molecule has 30 heavy (non-hydrogen) atoms. The molecule has 0 aromatic heterocycles. The zero-order valence-corrected chi connectivity index (χ0v) is 17.5. The van der Waals surface area contributed by atoms with E-state index in [1.54, 1.807) is 32.4 Å². The fraction of sp³-hybridized carbons (Fsp3) is 0.417. The summed E-state index contributed by atoms with van der Waals surface area (Å²) in [5, 5.41) is 2.99. The van der Waals surface area contributed by atoms with E-state index < -0.39 is 6.04 Å². The number of nitrogens with zero attached hydrogens (tertiary/aromatic N) is 1. The molecule has 1 aliphatic heterocycles. The highest BCUT2D eigenvalue weighted by molar-refractivity contribution is 6.02. The fourth-order valence-electron chi connectivity index (χ4n) is 4.82. The highest BCUT2D eigenvalue weighted by Crippen LogP contribution is 2.41. The van der Waals surface area contributed by atoms with Crippen LogP contribution >= 0.6 is 0 Å². The van der Waals surface area contributed by atoms with Crippen LogP contribution in [0.4, 0.5) is 5.69 Å². The summed E-state index contributed by atoms with van der Waals surface area (Å²) in [7, 11) is 3.14. The summed E-state index contributed by atoms with van der Waals surface area (Å²) in [6, 6.07) is 14.2. The number of hydrogen-bond acceptors (Lipinski definition) is 4. The third-order valence-electron chi connectivity index (χ3n) is 6.26. The first-order valence-electron chi connectivity index (χ1n) is 10.5. The highest BCUT2D eigenvalue weighted by atomic mass is 16.5. The monoisotopic (exact) mass is 408 g/mol. The molecule has 1 aliphatic carbocycles. The standard InChI is InChI=1S/C24H28N2O4/c1-29-19-13-18(14-20(15-19)30-2)25-23(27)22-12-17-10-6-7-11-21(17)26(22)24(28)16-8-4-3-5-9-16/h3-5,8-9,13-15,17,21-22H,6-7,10-12H2,1-2H3,(H,25,27). The van der Waals surface area contributed by atoms with Crippen molar-refractivity contribution in [3.8, 4) is 11.5 Å². The van der Waals surface area contributed by atoms with Gasteiger partial charge in [0.05, 0.1) is 14.2 Å². The summed E-state index contributed by atoms with van der Waals surface area (Å²) >= 11 is 0. The smallest absolute Gasteiger partial charge is 0.254 e. The number of amides is 2. The maximum Gasteiger partial charge on any atom is 0.254 e. The van der Waals surface area contributed by atoms with Gasteiger partial charge in [0, 0.05) is 35.5 Å². The molecule has 2 aromatic rings. The normalized spacial score (nSPS) is 22.9. The third-order valence-corrected chi connectivity index (χ3v) is 6.26. The van der Waals surface area contributed by atoms with Crippen molar-refractivity contribution in [3.05, 3.63) is 54.1 Å². The van der Waals surface area contributed by atoms with Crippen molar-refractivity contribution in [1.29, 1.82) is 0 Å². The van der Waals surface area contributed by atoms with Gasteiger partial charge in [-0.25, -0.2) is 0 Å². The van der Waals surface area contributed by atoms with Crippen LogP contribution in [0.3, 0.4) is 0 Å². The van der Waals surface area contributed by atoms with E-state index in [9.17, 15) is 9.59 Å². The van der Waals surface area contributed by atoms with Crippen molar-refractivity contribution in [3.63, 3.8) is 0 Å². The van der Waals surface area contributed by atoms with Gasteiger partial charge in [-0.2, -0.15) is 0 Å². The van der Waals surface area contributed by atoms with Gasteiger partial charge in [0.1, 0.15) is 17.5 Å². The maximum atomic E-state index is 13.4. The van der Waals surface area contributed by atoms with Crippen LogP contribution in [0, 0.1) is 5.92 Å². The molecule has 0 spiro atoms. The van der Waals surface area contributed by atoms with E-state index in [4.69, 9.17) is 9.47 Å². The molecule has 6 heteroatoms. The molecule has 1 saturated heterocycles. The summed E-state index contributed by atoms with van der Waals surface area (Å²) in [4.78, 5) is 28.5. The van der Waals surface area contributed by atoms with E-state index >= 15 is 0 Å². The van der Waals surface area contributed by atoms with E-state index in [1.165, 1.54) is 0 Å². The first-order chi connectivity index (χ1) is 14.6. The lowest BCUT2D eigenvalue weighted by molar-refractivity contribution is -0.120. The summed E-state index contributed by atoms with van der Waals surface area (Å²) in [6.07, 6.45) is 4.99. The van der Waals surface area contributed by atoms with Crippen LogP contribution < -0.4 is 14.8 Å². The van der Waals surface area contributed by atoms with Crippen molar-refractivity contribution in [2.75, 3.05) is 19.5 Å². The van der Waals surface area contributed by atoms with Crippen molar-refractivity contribution >= 4 is 17.5 Å². The Balaban J connectivity index is 1.60. The molecule has 3 unspecified atom stereocenters.